The number of benzene rings is 2. The summed E-state index contributed by atoms with van der Waals surface area (Å²) in [6, 6.07) is 7.92. The molecule has 2 aliphatic rings. The van der Waals surface area contributed by atoms with Crippen molar-refractivity contribution in [3.63, 3.8) is 0 Å². The number of nitrogen functional groups attached to an aromatic ring is 1. The Morgan fingerprint density at radius 1 is 1.27 bits per heavy atom. The van der Waals surface area contributed by atoms with Crippen LogP contribution in [0, 0.1) is 12.7 Å². The molecule has 0 amide bonds. The molecule has 0 bridgehead atoms. The molecule has 3 N–H and O–H groups in total. The molecule has 6 rings (SSSR count). The summed E-state index contributed by atoms with van der Waals surface area (Å²) in [5.74, 6) is -1.17. The van der Waals surface area contributed by atoms with Gasteiger partial charge in [-0.3, -0.25) is 4.79 Å². The van der Waals surface area contributed by atoms with E-state index in [2.05, 4.69) is 15.3 Å². The first-order chi connectivity index (χ1) is 17.8. The van der Waals surface area contributed by atoms with E-state index in [0.717, 1.165) is 0 Å². The molecular formula is C27H23ClFN5O3. The average molecular weight is 520 g/mol. The highest BCUT2D eigenvalue weighted by atomic mass is 35.5. The van der Waals surface area contributed by atoms with Crippen molar-refractivity contribution >= 4 is 40.1 Å². The van der Waals surface area contributed by atoms with E-state index in [1.807, 2.05) is 0 Å². The molecule has 188 valence electrons. The number of carbonyl (C=O) groups is 2. The van der Waals surface area contributed by atoms with Crippen LogP contribution in [-0.2, 0) is 16.9 Å². The van der Waals surface area contributed by atoms with Gasteiger partial charge in [-0.25, -0.2) is 19.2 Å². The summed E-state index contributed by atoms with van der Waals surface area (Å²) in [5.41, 5.74) is 7.12. The van der Waals surface area contributed by atoms with E-state index < -0.39 is 23.2 Å². The highest BCUT2D eigenvalue weighted by molar-refractivity contribution is 6.31. The second kappa shape index (κ2) is 8.64. The Morgan fingerprint density at radius 3 is 2.81 bits per heavy atom. The Kier molecular flexibility index (Phi) is 5.50. The number of rotatable bonds is 4. The second-order valence-electron chi connectivity index (χ2n) is 9.47. The number of nitrogens with two attached hydrogens (primary N) is 1. The fourth-order valence-electron chi connectivity index (χ4n) is 5.41. The zero-order valence-electron chi connectivity index (χ0n) is 20.0. The second-order valence-corrected chi connectivity index (χ2v) is 9.90. The smallest absolute Gasteiger partial charge is 0.340 e. The number of nitrogens with one attached hydrogen (secondary N) is 1. The number of hydrogen-bond donors (Lipinski definition) is 2. The average Bonchev–Trinajstić information content (AvgIpc) is 3.35. The Labute approximate surface area is 216 Å². The fourth-order valence-corrected chi connectivity index (χ4v) is 5.57. The van der Waals surface area contributed by atoms with Gasteiger partial charge in [-0.05, 0) is 38.2 Å². The molecule has 8 nitrogen and oxygen atoms in total. The molecule has 2 aromatic carbocycles. The van der Waals surface area contributed by atoms with E-state index in [0.29, 0.717) is 64.6 Å². The summed E-state index contributed by atoms with van der Waals surface area (Å²) in [4.78, 5) is 35.5. The number of ether oxygens (including phenoxy) is 1. The topological polar surface area (TPSA) is 112 Å². The van der Waals surface area contributed by atoms with Gasteiger partial charge in [0.1, 0.15) is 23.1 Å². The monoisotopic (exact) mass is 519 g/mol. The van der Waals surface area contributed by atoms with Crippen LogP contribution in [0.25, 0.3) is 10.9 Å². The minimum Gasteiger partial charge on any atom is -0.450 e. The first-order valence-electron chi connectivity index (χ1n) is 12.0. The number of aromatic nitrogens is 3. The van der Waals surface area contributed by atoms with Gasteiger partial charge in [0.05, 0.1) is 23.2 Å². The molecule has 0 atom stereocenters. The third kappa shape index (κ3) is 3.77. The van der Waals surface area contributed by atoms with E-state index >= 15 is 4.39 Å². The maximum absolute atomic E-state index is 15.3. The van der Waals surface area contributed by atoms with Crippen LogP contribution >= 0.6 is 11.6 Å². The van der Waals surface area contributed by atoms with Crippen LogP contribution in [0.1, 0.15) is 56.1 Å². The highest BCUT2D eigenvalue weighted by Crippen LogP contribution is 2.45. The summed E-state index contributed by atoms with van der Waals surface area (Å²) < 4.78 is 22.9. The molecule has 2 aromatic heterocycles. The predicted molar refractivity (Wildman–Crippen MR) is 136 cm³/mol. The van der Waals surface area contributed by atoms with E-state index in [9.17, 15) is 9.59 Å². The number of halogens is 2. The lowest BCUT2D eigenvalue weighted by Gasteiger charge is -2.33. The molecule has 10 heteroatoms. The van der Waals surface area contributed by atoms with Crippen LogP contribution in [0.15, 0.2) is 42.7 Å². The lowest BCUT2D eigenvalue weighted by atomic mass is 9.82. The summed E-state index contributed by atoms with van der Waals surface area (Å²) >= 11 is 6.28. The van der Waals surface area contributed by atoms with Gasteiger partial charge in [-0.1, -0.05) is 23.7 Å². The molecule has 1 saturated heterocycles. The summed E-state index contributed by atoms with van der Waals surface area (Å²) in [6.07, 6.45) is 4.38. The molecule has 0 radical (unpaired) electrons. The standard InChI is InChI=1S/C27H23ClFN5O3/c1-14-32-11-15(25(30)33-14)12-34-13-18(17-3-2-16(28)10-21(17)34)24(35)23-20(29)5-4-19-22(23)26(36)37-27(19)6-8-31-9-7-27/h2-5,10-11,13,31H,6-9,12H2,1H3,(H2,30,32,33). The summed E-state index contributed by atoms with van der Waals surface area (Å²) in [5, 5.41) is 4.29. The lowest BCUT2D eigenvalue weighted by Crippen LogP contribution is -2.40. The Hall–Kier alpha value is -3.82. The van der Waals surface area contributed by atoms with Crippen molar-refractivity contribution in [1.82, 2.24) is 19.9 Å². The molecule has 2 aliphatic heterocycles. The van der Waals surface area contributed by atoms with E-state index in [1.165, 1.54) is 6.07 Å². The maximum Gasteiger partial charge on any atom is 0.340 e. The molecule has 4 heterocycles. The van der Waals surface area contributed by atoms with Gasteiger partial charge in [0.25, 0.3) is 0 Å². The van der Waals surface area contributed by atoms with Crippen molar-refractivity contribution in [3.8, 4) is 0 Å². The molecule has 0 aliphatic carbocycles. The zero-order chi connectivity index (χ0) is 25.9. The number of aryl methyl sites for hydroxylation is 1. The van der Waals surface area contributed by atoms with Crippen molar-refractivity contribution in [2.24, 2.45) is 0 Å². The Bertz CT molecular complexity index is 1610. The SMILES string of the molecule is Cc1ncc(Cn2cc(C(=O)c3c(F)ccc4c3C(=O)OC43CCNCC3)c3ccc(Cl)cc32)c(N)n1. The largest absolute Gasteiger partial charge is 0.450 e. The van der Waals surface area contributed by atoms with Crippen molar-refractivity contribution in [2.45, 2.75) is 31.9 Å². The van der Waals surface area contributed by atoms with E-state index in [1.54, 1.807) is 48.1 Å². The third-order valence-electron chi connectivity index (χ3n) is 7.22. The molecule has 1 spiro atoms. The van der Waals surface area contributed by atoms with Gasteiger partial charge in [0, 0.05) is 52.3 Å². The highest BCUT2D eigenvalue weighted by Gasteiger charge is 2.48. The molecule has 0 unspecified atom stereocenters. The van der Waals surface area contributed by atoms with Crippen molar-refractivity contribution in [3.05, 3.63) is 87.2 Å². The maximum atomic E-state index is 15.3. The van der Waals surface area contributed by atoms with Gasteiger partial charge in [-0.15, -0.1) is 0 Å². The van der Waals surface area contributed by atoms with Crippen LogP contribution in [0.4, 0.5) is 10.2 Å². The van der Waals surface area contributed by atoms with E-state index in [4.69, 9.17) is 22.1 Å². The summed E-state index contributed by atoms with van der Waals surface area (Å²) in [6.45, 7) is 3.33. The van der Waals surface area contributed by atoms with Crippen molar-refractivity contribution < 1.29 is 18.7 Å². The van der Waals surface area contributed by atoms with Crippen molar-refractivity contribution in [1.29, 1.82) is 0 Å². The number of piperidine rings is 1. The number of hydrogen-bond acceptors (Lipinski definition) is 7. The first-order valence-corrected chi connectivity index (χ1v) is 12.3. The van der Waals surface area contributed by atoms with Crippen molar-refractivity contribution in [2.75, 3.05) is 18.8 Å². The number of ketones is 1. The molecule has 37 heavy (non-hydrogen) atoms. The van der Waals surface area contributed by atoms with Crippen LogP contribution in [0.5, 0.6) is 0 Å². The van der Waals surface area contributed by atoms with Gasteiger partial charge >= 0.3 is 5.97 Å². The normalized spacial score (nSPS) is 16.2. The van der Waals surface area contributed by atoms with Crippen LogP contribution in [0.2, 0.25) is 5.02 Å². The third-order valence-corrected chi connectivity index (χ3v) is 7.46. The van der Waals surface area contributed by atoms with Crippen LogP contribution in [-0.4, -0.2) is 39.4 Å². The quantitative estimate of drug-likeness (QED) is 0.308. The van der Waals surface area contributed by atoms with Crippen LogP contribution < -0.4 is 11.1 Å². The number of anilines is 1. The number of fused-ring (bicyclic) bond motifs is 3. The molecular weight excluding hydrogens is 497 g/mol. The van der Waals surface area contributed by atoms with Crippen LogP contribution in [0.3, 0.4) is 0 Å². The predicted octanol–water partition coefficient (Wildman–Crippen LogP) is 4.14. The van der Waals surface area contributed by atoms with Gasteiger partial charge < -0.3 is 20.4 Å². The van der Waals surface area contributed by atoms with E-state index in [-0.39, 0.29) is 23.2 Å². The van der Waals surface area contributed by atoms with Gasteiger partial charge in [0.2, 0.25) is 0 Å². The minimum atomic E-state index is -0.842. The zero-order valence-corrected chi connectivity index (χ0v) is 20.7. The fraction of sp³-hybridized carbons (Fsp3) is 0.259. The van der Waals surface area contributed by atoms with Gasteiger partial charge in [-0.2, -0.15) is 0 Å². The summed E-state index contributed by atoms with van der Waals surface area (Å²) in [7, 11) is 0. The number of carbonyl (C=O) groups excluding carboxylic acids is 2. The van der Waals surface area contributed by atoms with Gasteiger partial charge in [0.15, 0.2) is 5.78 Å². The minimum absolute atomic E-state index is 0.0120. The molecule has 0 saturated carbocycles. The number of nitrogens with zero attached hydrogens (tertiary/aromatic N) is 3. The Balaban J connectivity index is 1.49. The lowest BCUT2D eigenvalue weighted by molar-refractivity contribution is -0.0242. The Morgan fingerprint density at radius 2 is 2.05 bits per heavy atom. The molecule has 4 aromatic rings. The molecule has 1 fully saturated rings. The first kappa shape index (κ1) is 23.6. The number of esters is 1.